The summed E-state index contributed by atoms with van der Waals surface area (Å²) in [5.41, 5.74) is 0. The molecular weight excluding hydrogens is 250 g/mol. The van der Waals surface area contributed by atoms with Crippen LogP contribution < -0.4 is 4.90 Å². The zero-order valence-electron chi connectivity index (χ0n) is 10.00. The van der Waals surface area contributed by atoms with Crippen LogP contribution in [0.3, 0.4) is 0 Å². The van der Waals surface area contributed by atoms with Gasteiger partial charge in [0.1, 0.15) is 5.01 Å². The Morgan fingerprint density at radius 1 is 1.11 bits per heavy atom. The summed E-state index contributed by atoms with van der Waals surface area (Å²) in [6.45, 7) is 1.83. The quantitative estimate of drug-likeness (QED) is 0.718. The third-order valence-electron chi connectivity index (χ3n) is 4.63. The van der Waals surface area contributed by atoms with Gasteiger partial charge in [0.2, 0.25) is 16.9 Å². The van der Waals surface area contributed by atoms with E-state index in [0.717, 1.165) is 24.3 Å². The number of rotatable bonds is 1. The monoisotopic (exact) mass is 263 g/mol. The Kier molecular flexibility index (Phi) is 1.99. The van der Waals surface area contributed by atoms with E-state index in [1.54, 1.807) is 0 Å². The predicted molar refractivity (Wildman–Crippen MR) is 65.0 cm³/mol. The Morgan fingerprint density at radius 2 is 1.72 bits per heavy atom. The maximum Gasteiger partial charge on any atom is 0.239 e. The molecule has 3 aliphatic rings. The van der Waals surface area contributed by atoms with Gasteiger partial charge in [-0.2, -0.15) is 0 Å². The van der Waals surface area contributed by atoms with Gasteiger partial charge in [0.05, 0.1) is 11.8 Å². The summed E-state index contributed by atoms with van der Waals surface area (Å²) in [4.78, 5) is 26.2. The topological polar surface area (TPSA) is 63.2 Å². The fourth-order valence-electron chi connectivity index (χ4n) is 3.97. The largest absolute Gasteiger partial charge is 0.274 e. The molecule has 2 heterocycles. The highest BCUT2D eigenvalue weighted by atomic mass is 32.1. The van der Waals surface area contributed by atoms with Crippen molar-refractivity contribution in [3.63, 3.8) is 0 Å². The third-order valence-corrected chi connectivity index (χ3v) is 5.46. The summed E-state index contributed by atoms with van der Waals surface area (Å²) >= 11 is 1.32. The minimum Gasteiger partial charge on any atom is -0.274 e. The molecule has 5 nitrogen and oxygen atoms in total. The molecule has 1 aliphatic heterocycles. The van der Waals surface area contributed by atoms with Crippen LogP contribution in [0.5, 0.6) is 0 Å². The number of fused-ring (bicyclic) bond motifs is 5. The van der Waals surface area contributed by atoms with Gasteiger partial charge in [-0.05, 0) is 38.0 Å². The van der Waals surface area contributed by atoms with Crippen molar-refractivity contribution in [2.45, 2.75) is 26.2 Å². The Bertz CT molecular complexity index is 527. The number of aryl methyl sites for hydroxylation is 1. The highest BCUT2D eigenvalue weighted by Crippen LogP contribution is 2.56. The van der Waals surface area contributed by atoms with E-state index >= 15 is 0 Å². The van der Waals surface area contributed by atoms with Crippen molar-refractivity contribution >= 4 is 28.3 Å². The summed E-state index contributed by atoms with van der Waals surface area (Å²) in [5, 5.41) is 9.09. The molecule has 1 aromatic rings. The maximum atomic E-state index is 12.4. The first-order valence-corrected chi connectivity index (χ1v) is 7.16. The minimum absolute atomic E-state index is 0.0339. The Balaban J connectivity index is 1.75. The van der Waals surface area contributed by atoms with Crippen molar-refractivity contribution in [3.05, 3.63) is 5.01 Å². The standard InChI is InChI=1S/C12H13N3O2S/c1-5-13-14-12(18-5)15-10(16)8-6-2-3-7(4-6)9(8)11(15)17/h6-9H,2-4H2,1H3/t6-,7+,8-,9-/m0/s1. The highest BCUT2D eigenvalue weighted by Gasteiger charge is 2.61. The first kappa shape index (κ1) is 10.6. The zero-order valence-corrected chi connectivity index (χ0v) is 10.8. The van der Waals surface area contributed by atoms with Gasteiger partial charge in [0.15, 0.2) is 0 Å². The van der Waals surface area contributed by atoms with E-state index in [-0.39, 0.29) is 23.7 Å². The molecule has 0 aromatic carbocycles. The molecule has 4 rings (SSSR count). The van der Waals surface area contributed by atoms with Crippen LogP contribution in [-0.4, -0.2) is 22.0 Å². The number of aromatic nitrogens is 2. The van der Waals surface area contributed by atoms with E-state index in [1.165, 1.54) is 16.2 Å². The zero-order chi connectivity index (χ0) is 12.4. The van der Waals surface area contributed by atoms with Gasteiger partial charge in [-0.15, -0.1) is 10.2 Å². The SMILES string of the molecule is Cc1nnc(N2C(=O)[C@H]3[C@@H]4CC[C@@H](C4)[C@@H]3C2=O)s1. The number of carbonyl (C=O) groups excluding carboxylic acids is 2. The molecule has 2 saturated carbocycles. The van der Waals surface area contributed by atoms with Crippen LogP contribution in [0.15, 0.2) is 0 Å². The summed E-state index contributed by atoms with van der Waals surface area (Å²) in [6.07, 6.45) is 3.28. The van der Waals surface area contributed by atoms with Gasteiger partial charge in [-0.25, -0.2) is 4.90 Å². The second-order valence-corrected chi connectivity index (χ2v) is 6.66. The van der Waals surface area contributed by atoms with Crippen molar-refractivity contribution in [1.29, 1.82) is 0 Å². The normalized spacial score (nSPS) is 37.7. The number of hydrogen-bond acceptors (Lipinski definition) is 5. The van der Waals surface area contributed by atoms with E-state index in [2.05, 4.69) is 10.2 Å². The molecule has 2 amide bonds. The average molecular weight is 263 g/mol. The molecule has 0 unspecified atom stereocenters. The van der Waals surface area contributed by atoms with Crippen LogP contribution in [0.25, 0.3) is 0 Å². The lowest BCUT2D eigenvalue weighted by Gasteiger charge is -2.19. The molecule has 0 spiro atoms. The molecule has 2 aliphatic carbocycles. The molecule has 6 heteroatoms. The van der Waals surface area contributed by atoms with Gasteiger partial charge >= 0.3 is 0 Å². The van der Waals surface area contributed by atoms with Gasteiger partial charge in [-0.1, -0.05) is 11.3 Å². The molecule has 18 heavy (non-hydrogen) atoms. The smallest absolute Gasteiger partial charge is 0.239 e. The summed E-state index contributed by atoms with van der Waals surface area (Å²) in [7, 11) is 0. The molecule has 94 valence electrons. The third kappa shape index (κ3) is 1.16. The minimum atomic E-state index is -0.0690. The lowest BCUT2D eigenvalue weighted by atomic mass is 9.81. The maximum absolute atomic E-state index is 12.4. The lowest BCUT2D eigenvalue weighted by Crippen LogP contribution is -2.32. The van der Waals surface area contributed by atoms with Crippen molar-refractivity contribution in [2.24, 2.45) is 23.7 Å². The molecule has 3 fully saturated rings. The molecular formula is C12H13N3O2S. The number of imide groups is 1. The van der Waals surface area contributed by atoms with Crippen LogP contribution in [-0.2, 0) is 9.59 Å². The van der Waals surface area contributed by atoms with Crippen molar-refractivity contribution in [1.82, 2.24) is 10.2 Å². The molecule has 2 bridgehead atoms. The molecule has 1 saturated heterocycles. The van der Waals surface area contributed by atoms with E-state index < -0.39 is 0 Å². The van der Waals surface area contributed by atoms with Crippen LogP contribution in [0, 0.1) is 30.6 Å². The van der Waals surface area contributed by atoms with Gasteiger partial charge in [0, 0.05) is 0 Å². The first-order chi connectivity index (χ1) is 8.66. The van der Waals surface area contributed by atoms with E-state index in [1.807, 2.05) is 6.92 Å². The van der Waals surface area contributed by atoms with Crippen LogP contribution in [0.2, 0.25) is 0 Å². The number of amides is 2. The van der Waals surface area contributed by atoms with Crippen molar-refractivity contribution in [3.8, 4) is 0 Å². The van der Waals surface area contributed by atoms with E-state index in [9.17, 15) is 9.59 Å². The average Bonchev–Trinajstić information content (AvgIpc) is 3.05. The Morgan fingerprint density at radius 3 is 2.22 bits per heavy atom. The second-order valence-electron chi connectivity index (χ2n) is 5.50. The summed E-state index contributed by atoms with van der Waals surface area (Å²) in [6, 6.07) is 0. The highest BCUT2D eigenvalue weighted by molar-refractivity contribution is 7.15. The molecule has 4 atom stereocenters. The number of nitrogens with zero attached hydrogens (tertiary/aromatic N) is 3. The van der Waals surface area contributed by atoms with Crippen molar-refractivity contribution < 1.29 is 9.59 Å². The second kappa shape index (κ2) is 3.38. The summed E-state index contributed by atoms with van der Waals surface area (Å²) < 4.78 is 0. The first-order valence-electron chi connectivity index (χ1n) is 6.34. The number of anilines is 1. The number of hydrogen-bond donors (Lipinski definition) is 0. The predicted octanol–water partition coefficient (Wildman–Crippen LogP) is 1.38. The molecule has 1 aromatic heterocycles. The van der Waals surface area contributed by atoms with Crippen LogP contribution >= 0.6 is 11.3 Å². The molecule has 0 N–H and O–H groups in total. The van der Waals surface area contributed by atoms with Crippen LogP contribution in [0.4, 0.5) is 5.13 Å². The van der Waals surface area contributed by atoms with Crippen LogP contribution in [0.1, 0.15) is 24.3 Å². The van der Waals surface area contributed by atoms with E-state index in [4.69, 9.17) is 0 Å². The lowest BCUT2D eigenvalue weighted by molar-refractivity contribution is -0.123. The van der Waals surface area contributed by atoms with Gasteiger partial charge < -0.3 is 0 Å². The van der Waals surface area contributed by atoms with Crippen molar-refractivity contribution in [2.75, 3.05) is 4.90 Å². The Labute approximate surface area is 108 Å². The van der Waals surface area contributed by atoms with E-state index in [0.29, 0.717) is 17.0 Å². The fraction of sp³-hybridized carbons (Fsp3) is 0.667. The molecule has 0 radical (unpaired) electrons. The number of carbonyl (C=O) groups is 2. The fourth-order valence-corrected chi connectivity index (χ4v) is 4.67. The summed E-state index contributed by atoms with van der Waals surface area (Å²) in [5.74, 6) is 0.647. The van der Waals surface area contributed by atoms with Gasteiger partial charge in [-0.3, -0.25) is 9.59 Å². The van der Waals surface area contributed by atoms with Gasteiger partial charge in [0.25, 0.3) is 0 Å². The Hall–Kier alpha value is -1.30.